The molecular weight excluding hydrogens is 408 g/mol. The zero-order valence-electron chi connectivity index (χ0n) is 20.4. The van der Waals surface area contributed by atoms with E-state index >= 15 is 0 Å². The first kappa shape index (κ1) is 23.1. The summed E-state index contributed by atoms with van der Waals surface area (Å²) in [6.07, 6.45) is 10.7. The first-order valence-corrected chi connectivity index (χ1v) is 12.2. The number of amidine groups is 1. The van der Waals surface area contributed by atoms with Crippen LogP contribution in [0.2, 0.25) is 0 Å². The van der Waals surface area contributed by atoms with Crippen molar-refractivity contribution in [3.63, 3.8) is 0 Å². The lowest BCUT2D eigenvalue weighted by Crippen LogP contribution is -2.24. The van der Waals surface area contributed by atoms with Crippen LogP contribution in [0.3, 0.4) is 0 Å². The number of carbonyl (C=O) groups excluding carboxylic acids is 1. The topological polar surface area (TPSA) is 77.0 Å². The number of allylic oxidation sites excluding steroid dienone is 5. The van der Waals surface area contributed by atoms with Crippen molar-refractivity contribution in [2.24, 2.45) is 11.8 Å². The average Bonchev–Trinajstić information content (AvgIpc) is 3.58. The standard InChI is InChI=1S/C28H36N4O/c1-6-18-9-8-16(3)21(12-18)22-14-23-25(13-19(22)7-2)32-28(33)27(23)17(4)31-26(29)15-24(30-5)20-10-11-20/h8-9,12-15,19-20,22,30H,6-7,10-11H2,1-5H3,(H2,29,31)(H,32,33)/b24-15-,27-17-. The number of benzene rings is 1. The van der Waals surface area contributed by atoms with Crippen LogP contribution in [0.1, 0.15) is 62.6 Å². The smallest absolute Gasteiger partial charge is 0.258 e. The van der Waals surface area contributed by atoms with Crippen molar-refractivity contribution in [3.05, 3.63) is 81.4 Å². The summed E-state index contributed by atoms with van der Waals surface area (Å²) in [5.41, 5.74) is 8.25. The SMILES string of the molecule is CCc1ccc(C)c(C2C=C3C(=CC2CC)NC(=O)/C3=C(/C)NC(=N)/C=C(\NC)C2CC2)c1. The van der Waals surface area contributed by atoms with Gasteiger partial charge in [0.15, 0.2) is 0 Å². The third kappa shape index (κ3) is 4.68. The molecule has 1 heterocycles. The fraction of sp³-hybridized carbons (Fsp3) is 0.429. The largest absolute Gasteiger partial charge is 0.391 e. The zero-order valence-corrected chi connectivity index (χ0v) is 20.4. The Balaban J connectivity index is 1.69. The Morgan fingerprint density at radius 3 is 2.64 bits per heavy atom. The molecule has 1 amide bonds. The van der Waals surface area contributed by atoms with Crippen molar-refractivity contribution in [1.29, 1.82) is 5.41 Å². The van der Waals surface area contributed by atoms with E-state index in [1.54, 1.807) is 0 Å². The second-order valence-electron chi connectivity index (χ2n) is 9.42. The molecule has 2 atom stereocenters. The van der Waals surface area contributed by atoms with Crippen molar-refractivity contribution in [3.8, 4) is 0 Å². The van der Waals surface area contributed by atoms with Crippen LogP contribution in [0.15, 0.2) is 64.7 Å². The van der Waals surface area contributed by atoms with Crippen molar-refractivity contribution >= 4 is 11.7 Å². The number of rotatable bonds is 7. The van der Waals surface area contributed by atoms with E-state index in [0.29, 0.717) is 28.9 Å². The highest BCUT2D eigenvalue weighted by Crippen LogP contribution is 2.42. The van der Waals surface area contributed by atoms with E-state index in [1.165, 1.54) is 29.5 Å². The highest BCUT2D eigenvalue weighted by atomic mass is 16.2. The molecule has 1 aliphatic heterocycles. The molecule has 4 rings (SSSR count). The van der Waals surface area contributed by atoms with Gasteiger partial charge in [-0.3, -0.25) is 10.2 Å². The van der Waals surface area contributed by atoms with Gasteiger partial charge in [0.2, 0.25) is 0 Å². The Morgan fingerprint density at radius 2 is 2.00 bits per heavy atom. The van der Waals surface area contributed by atoms with E-state index in [2.05, 4.69) is 67.1 Å². The minimum atomic E-state index is -0.0974. The first-order valence-electron chi connectivity index (χ1n) is 12.2. The van der Waals surface area contributed by atoms with Gasteiger partial charge in [0.1, 0.15) is 5.84 Å². The summed E-state index contributed by atoms with van der Waals surface area (Å²) < 4.78 is 0. The van der Waals surface area contributed by atoms with Crippen molar-refractivity contribution in [2.75, 3.05) is 7.05 Å². The Labute approximate surface area is 197 Å². The number of amides is 1. The molecule has 2 fully saturated rings. The van der Waals surface area contributed by atoms with Crippen LogP contribution in [-0.2, 0) is 11.2 Å². The summed E-state index contributed by atoms with van der Waals surface area (Å²) >= 11 is 0. The first-order chi connectivity index (χ1) is 15.9. The Hall–Kier alpha value is -3.08. The number of nitrogens with one attached hydrogen (secondary N) is 4. The summed E-state index contributed by atoms with van der Waals surface area (Å²) in [4.78, 5) is 13.0. The van der Waals surface area contributed by atoms with Crippen molar-refractivity contribution < 1.29 is 4.79 Å². The van der Waals surface area contributed by atoms with Crippen LogP contribution in [-0.4, -0.2) is 18.8 Å². The Bertz CT molecular complexity index is 1100. The summed E-state index contributed by atoms with van der Waals surface area (Å²) in [7, 11) is 1.90. The van der Waals surface area contributed by atoms with E-state index in [1.807, 2.05) is 20.0 Å². The minimum absolute atomic E-state index is 0.0974. The number of carbonyl (C=O) groups is 1. The lowest BCUT2D eigenvalue weighted by Gasteiger charge is -2.28. The number of hydrogen-bond acceptors (Lipinski definition) is 3. The van der Waals surface area contributed by atoms with Gasteiger partial charge in [0.05, 0.1) is 5.57 Å². The van der Waals surface area contributed by atoms with Crippen LogP contribution in [0.25, 0.3) is 0 Å². The second-order valence-corrected chi connectivity index (χ2v) is 9.42. The lowest BCUT2D eigenvalue weighted by atomic mass is 9.76. The van der Waals surface area contributed by atoms with E-state index in [-0.39, 0.29) is 11.8 Å². The zero-order chi connectivity index (χ0) is 23.7. The number of aryl methyl sites for hydroxylation is 2. The van der Waals surface area contributed by atoms with E-state index in [4.69, 9.17) is 5.41 Å². The molecule has 174 valence electrons. The monoisotopic (exact) mass is 444 g/mol. The molecular formula is C28H36N4O. The third-order valence-electron chi connectivity index (χ3n) is 7.11. The van der Waals surface area contributed by atoms with Gasteiger partial charge in [0, 0.05) is 35.6 Å². The number of hydrogen-bond donors (Lipinski definition) is 4. The Morgan fingerprint density at radius 1 is 1.24 bits per heavy atom. The molecule has 0 spiro atoms. The fourth-order valence-corrected chi connectivity index (χ4v) is 5.01. The van der Waals surface area contributed by atoms with Gasteiger partial charge in [0.25, 0.3) is 5.91 Å². The molecule has 5 heteroatoms. The minimum Gasteiger partial charge on any atom is -0.391 e. The van der Waals surface area contributed by atoms with Gasteiger partial charge in [-0.15, -0.1) is 0 Å². The van der Waals surface area contributed by atoms with Crippen LogP contribution in [0, 0.1) is 24.2 Å². The van der Waals surface area contributed by atoms with Crippen LogP contribution in [0.5, 0.6) is 0 Å². The number of fused-ring (bicyclic) bond motifs is 1. The molecule has 1 saturated heterocycles. The molecule has 0 bridgehead atoms. The summed E-state index contributed by atoms with van der Waals surface area (Å²) in [6.45, 7) is 8.46. The second kappa shape index (κ2) is 9.42. The molecule has 1 aromatic rings. The Kier molecular flexibility index (Phi) is 6.59. The fourth-order valence-electron chi connectivity index (χ4n) is 5.01. The average molecular weight is 445 g/mol. The normalized spacial score (nSPS) is 23.9. The molecule has 0 radical (unpaired) electrons. The molecule has 2 unspecified atom stereocenters. The quantitative estimate of drug-likeness (QED) is 0.272. The van der Waals surface area contributed by atoms with Crippen molar-refractivity contribution in [2.45, 2.75) is 59.3 Å². The molecule has 5 nitrogen and oxygen atoms in total. The van der Waals surface area contributed by atoms with Gasteiger partial charge in [-0.25, -0.2) is 0 Å². The molecule has 33 heavy (non-hydrogen) atoms. The van der Waals surface area contributed by atoms with Crippen LogP contribution >= 0.6 is 0 Å². The van der Waals surface area contributed by atoms with Crippen LogP contribution in [0.4, 0.5) is 0 Å². The third-order valence-corrected chi connectivity index (χ3v) is 7.11. The molecule has 1 aromatic carbocycles. The molecule has 4 N–H and O–H groups in total. The van der Waals surface area contributed by atoms with Gasteiger partial charge in [-0.05, 0) is 74.1 Å². The van der Waals surface area contributed by atoms with E-state index in [9.17, 15) is 4.79 Å². The maximum absolute atomic E-state index is 13.0. The maximum atomic E-state index is 13.0. The van der Waals surface area contributed by atoms with E-state index in [0.717, 1.165) is 29.8 Å². The predicted molar refractivity (Wildman–Crippen MR) is 135 cm³/mol. The molecule has 2 aliphatic carbocycles. The maximum Gasteiger partial charge on any atom is 0.258 e. The summed E-state index contributed by atoms with van der Waals surface area (Å²) in [5, 5.41) is 17.9. The molecule has 3 aliphatic rings. The van der Waals surface area contributed by atoms with Crippen molar-refractivity contribution in [1.82, 2.24) is 16.0 Å². The molecule has 1 saturated carbocycles. The molecule has 0 aromatic heterocycles. The highest BCUT2D eigenvalue weighted by Gasteiger charge is 2.36. The van der Waals surface area contributed by atoms with Gasteiger partial charge in [-0.2, -0.15) is 0 Å². The van der Waals surface area contributed by atoms with Gasteiger partial charge < -0.3 is 16.0 Å². The highest BCUT2D eigenvalue weighted by molar-refractivity contribution is 6.06. The van der Waals surface area contributed by atoms with Gasteiger partial charge in [-0.1, -0.05) is 44.2 Å². The lowest BCUT2D eigenvalue weighted by molar-refractivity contribution is -0.115. The summed E-state index contributed by atoms with van der Waals surface area (Å²) in [5.74, 6) is 1.29. The summed E-state index contributed by atoms with van der Waals surface area (Å²) in [6, 6.07) is 6.75. The predicted octanol–water partition coefficient (Wildman–Crippen LogP) is 4.98. The van der Waals surface area contributed by atoms with Gasteiger partial charge >= 0.3 is 0 Å². The van der Waals surface area contributed by atoms with E-state index < -0.39 is 0 Å². The van der Waals surface area contributed by atoms with Crippen LogP contribution < -0.4 is 16.0 Å².